The summed E-state index contributed by atoms with van der Waals surface area (Å²) in [5.74, 6) is 1.50. The smallest absolute Gasteiger partial charge is 0.224 e. The van der Waals surface area contributed by atoms with E-state index in [0.29, 0.717) is 12.5 Å². The molecule has 0 aliphatic carbocycles. The summed E-state index contributed by atoms with van der Waals surface area (Å²) in [6, 6.07) is 7.79. The fourth-order valence-electron chi connectivity index (χ4n) is 1.78. The summed E-state index contributed by atoms with van der Waals surface area (Å²) >= 11 is 5.98. The van der Waals surface area contributed by atoms with Crippen molar-refractivity contribution in [1.82, 2.24) is 9.97 Å². The van der Waals surface area contributed by atoms with Gasteiger partial charge in [0.15, 0.2) is 0 Å². The quantitative estimate of drug-likeness (QED) is 0.848. The molecule has 1 heterocycles. The van der Waals surface area contributed by atoms with Crippen LogP contribution in [0.15, 0.2) is 30.5 Å². The van der Waals surface area contributed by atoms with Crippen LogP contribution in [0.4, 0.5) is 11.8 Å². The molecule has 106 valence electrons. The molecule has 2 aromatic rings. The Hall–Kier alpha value is -1.81. The van der Waals surface area contributed by atoms with Gasteiger partial charge in [0.05, 0.1) is 0 Å². The molecule has 0 saturated carbocycles. The Bertz CT molecular complexity index is 572. The van der Waals surface area contributed by atoms with Gasteiger partial charge >= 0.3 is 0 Å². The lowest BCUT2D eigenvalue weighted by atomic mass is 10.2. The molecule has 0 amide bonds. The summed E-state index contributed by atoms with van der Waals surface area (Å²) in [7, 11) is 0. The van der Waals surface area contributed by atoms with Crippen molar-refractivity contribution < 1.29 is 0 Å². The summed E-state index contributed by atoms with van der Waals surface area (Å²) in [5, 5.41) is 7.25. The van der Waals surface area contributed by atoms with Gasteiger partial charge in [-0.3, -0.25) is 0 Å². The Morgan fingerprint density at radius 2 is 2.10 bits per heavy atom. The molecule has 0 unspecified atom stereocenters. The Balaban J connectivity index is 2.04. The second kappa shape index (κ2) is 7.10. The lowest BCUT2D eigenvalue weighted by Gasteiger charge is -2.10. The molecule has 0 spiro atoms. The second-order valence-electron chi connectivity index (χ2n) is 4.64. The standard InChI is InChI=1S/C15H19ClN4/c1-3-7-17-15-19-9-11(2)14(20-15)18-10-12-5-4-6-13(16)8-12/h4-6,8-9H,3,7,10H2,1-2H3,(H2,17,18,19,20). The van der Waals surface area contributed by atoms with E-state index in [2.05, 4.69) is 27.5 Å². The van der Waals surface area contributed by atoms with Crippen LogP contribution in [-0.2, 0) is 6.54 Å². The highest BCUT2D eigenvalue weighted by Gasteiger charge is 2.03. The van der Waals surface area contributed by atoms with E-state index < -0.39 is 0 Å². The number of hydrogen-bond donors (Lipinski definition) is 2. The van der Waals surface area contributed by atoms with Crippen LogP contribution in [0.5, 0.6) is 0 Å². The number of nitrogens with one attached hydrogen (secondary N) is 2. The molecule has 0 bridgehead atoms. The summed E-state index contributed by atoms with van der Waals surface area (Å²) in [6.45, 7) is 5.66. The molecule has 0 atom stereocenters. The van der Waals surface area contributed by atoms with Gasteiger partial charge in [0.25, 0.3) is 0 Å². The van der Waals surface area contributed by atoms with Gasteiger partial charge in [0.1, 0.15) is 5.82 Å². The van der Waals surface area contributed by atoms with Crippen molar-refractivity contribution in [3.8, 4) is 0 Å². The van der Waals surface area contributed by atoms with Gasteiger partial charge in [-0.2, -0.15) is 4.98 Å². The maximum atomic E-state index is 5.98. The first kappa shape index (κ1) is 14.6. The van der Waals surface area contributed by atoms with Crippen molar-refractivity contribution in [1.29, 1.82) is 0 Å². The second-order valence-corrected chi connectivity index (χ2v) is 5.07. The SMILES string of the molecule is CCCNc1ncc(C)c(NCc2cccc(Cl)c2)n1. The number of hydrogen-bond acceptors (Lipinski definition) is 4. The molecule has 2 N–H and O–H groups in total. The molecule has 5 heteroatoms. The number of nitrogens with zero attached hydrogens (tertiary/aromatic N) is 2. The van der Waals surface area contributed by atoms with E-state index in [1.807, 2.05) is 37.4 Å². The van der Waals surface area contributed by atoms with E-state index in [1.165, 1.54) is 0 Å². The average Bonchev–Trinajstić information content (AvgIpc) is 2.45. The lowest BCUT2D eigenvalue weighted by Crippen LogP contribution is -2.08. The number of benzene rings is 1. The third kappa shape index (κ3) is 4.10. The van der Waals surface area contributed by atoms with Crippen LogP contribution >= 0.6 is 11.6 Å². The zero-order chi connectivity index (χ0) is 14.4. The van der Waals surface area contributed by atoms with Crippen LogP contribution in [0.25, 0.3) is 0 Å². The van der Waals surface area contributed by atoms with Gasteiger partial charge in [-0.25, -0.2) is 4.98 Å². The zero-order valence-electron chi connectivity index (χ0n) is 11.8. The Morgan fingerprint density at radius 3 is 2.85 bits per heavy atom. The minimum absolute atomic E-state index is 0.658. The first-order chi connectivity index (χ1) is 9.69. The molecule has 0 saturated heterocycles. The first-order valence-electron chi connectivity index (χ1n) is 6.75. The van der Waals surface area contributed by atoms with Gasteiger partial charge in [-0.1, -0.05) is 30.7 Å². The highest BCUT2D eigenvalue weighted by molar-refractivity contribution is 6.30. The van der Waals surface area contributed by atoms with Gasteiger partial charge in [0.2, 0.25) is 5.95 Å². The predicted octanol–water partition coefficient (Wildman–Crippen LogP) is 3.87. The third-order valence-electron chi connectivity index (χ3n) is 2.85. The molecule has 0 aliphatic heterocycles. The molecule has 20 heavy (non-hydrogen) atoms. The van der Waals surface area contributed by atoms with Crippen molar-refractivity contribution in [2.24, 2.45) is 0 Å². The molecule has 1 aromatic carbocycles. The summed E-state index contributed by atoms with van der Waals surface area (Å²) < 4.78 is 0. The third-order valence-corrected chi connectivity index (χ3v) is 3.09. The molecule has 4 nitrogen and oxygen atoms in total. The van der Waals surface area contributed by atoms with Gasteiger partial charge in [-0.05, 0) is 31.0 Å². The molecule has 1 aromatic heterocycles. The van der Waals surface area contributed by atoms with E-state index in [-0.39, 0.29) is 0 Å². The lowest BCUT2D eigenvalue weighted by molar-refractivity contribution is 0.947. The highest BCUT2D eigenvalue weighted by Crippen LogP contribution is 2.15. The number of anilines is 2. The first-order valence-corrected chi connectivity index (χ1v) is 7.12. The maximum Gasteiger partial charge on any atom is 0.224 e. The number of halogens is 1. The van der Waals surface area contributed by atoms with Crippen molar-refractivity contribution in [3.63, 3.8) is 0 Å². The fourth-order valence-corrected chi connectivity index (χ4v) is 1.99. The van der Waals surface area contributed by atoms with Crippen LogP contribution in [0, 0.1) is 6.92 Å². The average molecular weight is 291 g/mol. The van der Waals surface area contributed by atoms with Crippen LogP contribution in [0.3, 0.4) is 0 Å². The van der Waals surface area contributed by atoms with Gasteiger partial charge in [-0.15, -0.1) is 0 Å². The fraction of sp³-hybridized carbons (Fsp3) is 0.333. The van der Waals surface area contributed by atoms with Crippen LogP contribution in [-0.4, -0.2) is 16.5 Å². The topological polar surface area (TPSA) is 49.8 Å². The summed E-state index contributed by atoms with van der Waals surface area (Å²) in [5.41, 5.74) is 2.15. The minimum Gasteiger partial charge on any atom is -0.366 e. The highest BCUT2D eigenvalue weighted by atomic mass is 35.5. The molecular weight excluding hydrogens is 272 g/mol. The summed E-state index contributed by atoms with van der Waals surface area (Å²) in [6.07, 6.45) is 2.87. The van der Waals surface area contributed by atoms with Crippen molar-refractivity contribution in [2.75, 3.05) is 17.2 Å². The molecule has 0 radical (unpaired) electrons. The monoisotopic (exact) mass is 290 g/mol. The van der Waals surface area contributed by atoms with E-state index >= 15 is 0 Å². The largest absolute Gasteiger partial charge is 0.366 e. The van der Waals surface area contributed by atoms with E-state index in [9.17, 15) is 0 Å². The van der Waals surface area contributed by atoms with Gasteiger partial charge in [0, 0.05) is 29.9 Å². The summed E-state index contributed by atoms with van der Waals surface area (Å²) in [4.78, 5) is 8.74. The predicted molar refractivity (Wildman–Crippen MR) is 84.3 cm³/mol. The maximum absolute atomic E-state index is 5.98. The van der Waals surface area contributed by atoms with Crippen molar-refractivity contribution in [3.05, 3.63) is 46.6 Å². The van der Waals surface area contributed by atoms with Crippen LogP contribution < -0.4 is 10.6 Å². The van der Waals surface area contributed by atoms with Crippen LogP contribution in [0.2, 0.25) is 5.02 Å². The van der Waals surface area contributed by atoms with E-state index in [4.69, 9.17) is 11.6 Å². The van der Waals surface area contributed by atoms with Gasteiger partial charge < -0.3 is 10.6 Å². The molecule has 0 fully saturated rings. The number of aryl methyl sites for hydroxylation is 1. The Morgan fingerprint density at radius 1 is 1.25 bits per heavy atom. The Labute approximate surface area is 124 Å². The zero-order valence-corrected chi connectivity index (χ0v) is 12.5. The molecule has 0 aliphatic rings. The van der Waals surface area contributed by atoms with E-state index in [1.54, 1.807) is 0 Å². The normalized spacial score (nSPS) is 10.3. The molecular formula is C15H19ClN4. The Kier molecular flexibility index (Phi) is 5.18. The van der Waals surface area contributed by atoms with E-state index in [0.717, 1.165) is 34.9 Å². The number of aromatic nitrogens is 2. The van der Waals surface area contributed by atoms with Crippen molar-refractivity contribution in [2.45, 2.75) is 26.8 Å². The van der Waals surface area contributed by atoms with Crippen molar-refractivity contribution >= 4 is 23.4 Å². The number of rotatable bonds is 6. The molecule has 2 rings (SSSR count). The minimum atomic E-state index is 0.658. The van der Waals surface area contributed by atoms with Crippen LogP contribution in [0.1, 0.15) is 24.5 Å².